The number of rotatable bonds is 3. The van der Waals surface area contributed by atoms with Crippen molar-refractivity contribution < 1.29 is 9.90 Å². The van der Waals surface area contributed by atoms with Crippen LogP contribution in [0.3, 0.4) is 0 Å². The van der Waals surface area contributed by atoms with Crippen LogP contribution < -0.4 is 0 Å². The van der Waals surface area contributed by atoms with Gasteiger partial charge in [0.05, 0.1) is 5.02 Å². The van der Waals surface area contributed by atoms with Gasteiger partial charge in [0.2, 0.25) is 0 Å². The van der Waals surface area contributed by atoms with Crippen LogP contribution in [0.2, 0.25) is 5.02 Å². The molecule has 0 fully saturated rings. The van der Waals surface area contributed by atoms with Crippen LogP contribution in [0, 0.1) is 0 Å². The topological polar surface area (TPSA) is 50.2 Å². The summed E-state index contributed by atoms with van der Waals surface area (Å²) in [4.78, 5) is 14.5. The summed E-state index contributed by atoms with van der Waals surface area (Å²) >= 11 is 5.70. The lowest BCUT2D eigenvalue weighted by Crippen LogP contribution is -2.05. The molecule has 3 nitrogen and oxygen atoms in total. The summed E-state index contributed by atoms with van der Waals surface area (Å²) < 4.78 is 0. The highest BCUT2D eigenvalue weighted by Gasteiger charge is 2.10. The summed E-state index contributed by atoms with van der Waals surface area (Å²) in [5, 5.41) is 9.26. The minimum atomic E-state index is -1.000. The number of carboxylic acid groups (broad SMARTS) is 1. The number of carboxylic acids is 1. The molecule has 0 bridgehead atoms. The molecule has 0 aliphatic heterocycles. The van der Waals surface area contributed by atoms with Gasteiger partial charge < -0.3 is 5.11 Å². The smallest absolute Gasteiger partial charge is 0.354 e. The highest BCUT2D eigenvalue weighted by molar-refractivity contribution is 6.30. The summed E-state index contributed by atoms with van der Waals surface area (Å²) in [5.41, 5.74) is 0.800. The zero-order valence-electron chi connectivity index (χ0n) is 7.25. The minimum absolute atomic E-state index is 0.103. The highest BCUT2D eigenvalue weighted by atomic mass is 35.5. The Kier molecular flexibility index (Phi) is 3.25. The molecule has 0 saturated carbocycles. The number of pyridine rings is 1. The van der Waals surface area contributed by atoms with Crippen molar-refractivity contribution in [2.75, 3.05) is 0 Å². The van der Waals surface area contributed by atoms with E-state index in [4.69, 9.17) is 16.7 Å². The van der Waals surface area contributed by atoms with Gasteiger partial charge in [-0.15, -0.1) is 0 Å². The lowest BCUT2D eigenvalue weighted by molar-refractivity contribution is 0.0689. The van der Waals surface area contributed by atoms with Crippen LogP contribution in [0.1, 0.15) is 29.4 Å². The van der Waals surface area contributed by atoms with Gasteiger partial charge in [-0.05, 0) is 18.1 Å². The van der Waals surface area contributed by atoms with Crippen LogP contribution in [0.5, 0.6) is 0 Å². The van der Waals surface area contributed by atoms with E-state index < -0.39 is 5.97 Å². The fraction of sp³-hybridized carbons (Fsp3) is 0.333. The van der Waals surface area contributed by atoms with E-state index in [-0.39, 0.29) is 5.69 Å². The SMILES string of the molecule is CCCc1cc(Cl)cnc1C(=O)O. The molecule has 0 aromatic carbocycles. The molecule has 0 radical (unpaired) electrons. The Labute approximate surface area is 81.4 Å². The molecule has 4 heteroatoms. The van der Waals surface area contributed by atoms with Gasteiger partial charge in [0.15, 0.2) is 5.69 Å². The molecule has 1 aromatic heterocycles. The predicted molar refractivity (Wildman–Crippen MR) is 50.2 cm³/mol. The number of aromatic carboxylic acids is 1. The van der Waals surface area contributed by atoms with Gasteiger partial charge in [-0.1, -0.05) is 24.9 Å². The Morgan fingerprint density at radius 2 is 2.38 bits per heavy atom. The molecule has 0 aliphatic rings. The first-order valence-electron chi connectivity index (χ1n) is 4.03. The van der Waals surface area contributed by atoms with Crippen molar-refractivity contribution in [2.45, 2.75) is 19.8 Å². The number of hydrogen-bond donors (Lipinski definition) is 1. The summed E-state index contributed by atoms with van der Waals surface area (Å²) in [6.45, 7) is 1.98. The Morgan fingerprint density at radius 1 is 1.69 bits per heavy atom. The van der Waals surface area contributed by atoms with E-state index >= 15 is 0 Å². The van der Waals surface area contributed by atoms with E-state index in [2.05, 4.69) is 4.98 Å². The zero-order chi connectivity index (χ0) is 9.84. The van der Waals surface area contributed by atoms with E-state index in [0.717, 1.165) is 6.42 Å². The van der Waals surface area contributed by atoms with E-state index in [1.54, 1.807) is 6.07 Å². The number of aromatic nitrogens is 1. The first kappa shape index (κ1) is 9.99. The van der Waals surface area contributed by atoms with Crippen molar-refractivity contribution >= 4 is 17.6 Å². The third-order valence-electron chi connectivity index (χ3n) is 1.66. The maximum absolute atomic E-state index is 10.7. The number of halogens is 1. The van der Waals surface area contributed by atoms with Gasteiger partial charge in [0.25, 0.3) is 0 Å². The molecular weight excluding hydrogens is 190 g/mol. The van der Waals surface area contributed by atoms with Crippen LogP contribution in [-0.2, 0) is 6.42 Å². The Bertz CT molecular complexity index is 325. The second kappa shape index (κ2) is 4.23. The Hall–Kier alpha value is -1.09. The van der Waals surface area contributed by atoms with Crippen LogP contribution >= 0.6 is 11.6 Å². The Morgan fingerprint density at radius 3 is 2.92 bits per heavy atom. The van der Waals surface area contributed by atoms with Crippen LogP contribution in [0.25, 0.3) is 0 Å². The van der Waals surface area contributed by atoms with Crippen LogP contribution in [-0.4, -0.2) is 16.1 Å². The van der Waals surface area contributed by atoms with Gasteiger partial charge >= 0.3 is 5.97 Å². The molecule has 1 heterocycles. The second-order valence-electron chi connectivity index (χ2n) is 2.72. The molecule has 0 saturated heterocycles. The molecule has 1 rings (SSSR count). The number of carbonyl (C=O) groups is 1. The average molecular weight is 200 g/mol. The monoisotopic (exact) mass is 199 g/mol. The van der Waals surface area contributed by atoms with E-state index in [1.165, 1.54) is 6.20 Å². The van der Waals surface area contributed by atoms with E-state index in [0.29, 0.717) is 17.0 Å². The molecule has 13 heavy (non-hydrogen) atoms. The summed E-state index contributed by atoms with van der Waals surface area (Å²) in [5.74, 6) is -1.000. The third-order valence-corrected chi connectivity index (χ3v) is 1.86. The van der Waals surface area contributed by atoms with Crippen LogP contribution in [0.15, 0.2) is 12.3 Å². The largest absolute Gasteiger partial charge is 0.477 e. The molecule has 0 amide bonds. The first-order chi connectivity index (χ1) is 6.15. The quantitative estimate of drug-likeness (QED) is 0.813. The highest BCUT2D eigenvalue weighted by Crippen LogP contribution is 2.14. The maximum Gasteiger partial charge on any atom is 0.354 e. The van der Waals surface area contributed by atoms with Gasteiger partial charge in [0.1, 0.15) is 0 Å². The molecule has 0 unspecified atom stereocenters. The molecule has 1 N–H and O–H groups in total. The number of hydrogen-bond acceptors (Lipinski definition) is 2. The summed E-state index contributed by atoms with van der Waals surface area (Å²) in [7, 11) is 0. The first-order valence-corrected chi connectivity index (χ1v) is 4.40. The lowest BCUT2D eigenvalue weighted by atomic mass is 10.1. The van der Waals surface area contributed by atoms with Crippen molar-refractivity contribution in [2.24, 2.45) is 0 Å². The molecule has 1 aromatic rings. The van der Waals surface area contributed by atoms with Gasteiger partial charge in [-0.25, -0.2) is 9.78 Å². The van der Waals surface area contributed by atoms with E-state index in [9.17, 15) is 4.79 Å². The molecule has 0 spiro atoms. The molecule has 0 aliphatic carbocycles. The van der Waals surface area contributed by atoms with Crippen molar-refractivity contribution in [1.82, 2.24) is 4.98 Å². The summed E-state index contributed by atoms with van der Waals surface area (Å²) in [6.07, 6.45) is 2.92. The standard InChI is InChI=1S/C9H10ClNO2/c1-2-3-6-4-7(10)5-11-8(6)9(12)13/h4-5H,2-3H2,1H3,(H,12,13). The second-order valence-corrected chi connectivity index (χ2v) is 3.15. The van der Waals surface area contributed by atoms with Crippen molar-refractivity contribution in [3.05, 3.63) is 28.5 Å². The van der Waals surface area contributed by atoms with Gasteiger partial charge in [-0.3, -0.25) is 0 Å². The van der Waals surface area contributed by atoms with E-state index in [1.807, 2.05) is 6.92 Å². The van der Waals surface area contributed by atoms with Gasteiger partial charge in [0, 0.05) is 6.20 Å². The summed E-state index contributed by atoms with van der Waals surface area (Å²) in [6, 6.07) is 1.65. The molecule has 70 valence electrons. The predicted octanol–water partition coefficient (Wildman–Crippen LogP) is 2.39. The number of aryl methyl sites for hydroxylation is 1. The average Bonchev–Trinajstić information content (AvgIpc) is 2.04. The maximum atomic E-state index is 10.7. The minimum Gasteiger partial charge on any atom is -0.477 e. The number of nitrogens with zero attached hydrogens (tertiary/aromatic N) is 1. The lowest BCUT2D eigenvalue weighted by Gasteiger charge is -2.03. The molecule has 0 atom stereocenters. The van der Waals surface area contributed by atoms with Gasteiger partial charge in [-0.2, -0.15) is 0 Å². The van der Waals surface area contributed by atoms with Crippen molar-refractivity contribution in [3.63, 3.8) is 0 Å². The third kappa shape index (κ3) is 2.42. The normalized spacial score (nSPS) is 10.0. The van der Waals surface area contributed by atoms with Crippen molar-refractivity contribution in [1.29, 1.82) is 0 Å². The fourth-order valence-corrected chi connectivity index (χ4v) is 1.31. The molecular formula is C9H10ClNO2. The Balaban J connectivity index is 3.10. The van der Waals surface area contributed by atoms with Crippen molar-refractivity contribution in [3.8, 4) is 0 Å². The fourth-order valence-electron chi connectivity index (χ4n) is 1.13. The zero-order valence-corrected chi connectivity index (χ0v) is 8.01. The van der Waals surface area contributed by atoms with Crippen LogP contribution in [0.4, 0.5) is 0 Å².